The number of nitrogens with one attached hydrogen (secondary N) is 2. The van der Waals surface area contributed by atoms with Crippen LogP contribution in [0.1, 0.15) is 25.0 Å². The number of benzene rings is 2. The number of halogens is 1. The fourth-order valence-electron chi connectivity index (χ4n) is 3.41. The Morgan fingerprint density at radius 3 is 2.18 bits per heavy atom. The van der Waals surface area contributed by atoms with Crippen molar-refractivity contribution in [1.82, 2.24) is 9.97 Å². The minimum absolute atomic E-state index is 0.551. The maximum absolute atomic E-state index is 5.94. The lowest BCUT2D eigenvalue weighted by atomic mass is 10.1. The molecule has 2 N–H and O–H groups in total. The highest BCUT2D eigenvalue weighted by atomic mass is 35.5. The van der Waals surface area contributed by atoms with Gasteiger partial charge in [0.25, 0.3) is 0 Å². The van der Waals surface area contributed by atoms with Crippen molar-refractivity contribution in [2.75, 3.05) is 28.6 Å². The van der Waals surface area contributed by atoms with E-state index in [4.69, 9.17) is 11.6 Å². The molecule has 2 aromatic carbocycles. The third kappa shape index (κ3) is 4.73. The SMILES string of the molecule is Cc1cc(Nc2ccc(N3CCCCC3)cc2)nc(Nc2ccc(Cl)cc2)n1. The number of aromatic nitrogens is 2. The van der Waals surface area contributed by atoms with Crippen LogP contribution in [-0.4, -0.2) is 23.1 Å². The van der Waals surface area contributed by atoms with Crippen LogP contribution in [-0.2, 0) is 0 Å². The Bertz CT molecular complexity index is 919. The number of nitrogens with zero attached hydrogens (tertiary/aromatic N) is 3. The van der Waals surface area contributed by atoms with Crippen LogP contribution >= 0.6 is 11.6 Å². The average Bonchev–Trinajstić information content (AvgIpc) is 2.71. The van der Waals surface area contributed by atoms with Gasteiger partial charge >= 0.3 is 0 Å². The first-order chi connectivity index (χ1) is 13.7. The summed E-state index contributed by atoms with van der Waals surface area (Å²) in [4.78, 5) is 11.5. The summed E-state index contributed by atoms with van der Waals surface area (Å²) in [7, 11) is 0. The van der Waals surface area contributed by atoms with Crippen molar-refractivity contribution in [2.45, 2.75) is 26.2 Å². The molecule has 1 saturated heterocycles. The minimum atomic E-state index is 0.551. The molecule has 3 aromatic rings. The normalized spacial score (nSPS) is 14.0. The van der Waals surface area contributed by atoms with E-state index in [1.54, 1.807) is 0 Å². The molecular formula is C22H24ClN5. The Kier molecular flexibility index (Phi) is 5.63. The molecule has 6 heteroatoms. The van der Waals surface area contributed by atoms with Crippen molar-refractivity contribution in [3.63, 3.8) is 0 Å². The quantitative estimate of drug-likeness (QED) is 0.563. The van der Waals surface area contributed by atoms with E-state index in [0.717, 1.165) is 36.0 Å². The molecule has 0 unspecified atom stereocenters. The second kappa shape index (κ2) is 8.48. The third-order valence-corrected chi connectivity index (χ3v) is 5.07. The first kappa shape index (κ1) is 18.6. The summed E-state index contributed by atoms with van der Waals surface area (Å²) >= 11 is 5.94. The first-order valence-electron chi connectivity index (χ1n) is 9.66. The number of hydrogen-bond donors (Lipinski definition) is 2. The molecule has 2 heterocycles. The summed E-state index contributed by atoms with van der Waals surface area (Å²) in [5.41, 5.74) is 4.08. The lowest BCUT2D eigenvalue weighted by Crippen LogP contribution is -2.29. The summed E-state index contributed by atoms with van der Waals surface area (Å²) in [6.45, 7) is 4.26. The average molecular weight is 394 g/mol. The van der Waals surface area contributed by atoms with E-state index in [1.165, 1.54) is 24.9 Å². The smallest absolute Gasteiger partial charge is 0.229 e. The number of hydrogen-bond acceptors (Lipinski definition) is 5. The van der Waals surface area contributed by atoms with Crippen LogP contribution < -0.4 is 15.5 Å². The molecule has 0 amide bonds. The fraction of sp³-hybridized carbons (Fsp3) is 0.273. The summed E-state index contributed by atoms with van der Waals surface area (Å²) in [5.74, 6) is 1.31. The van der Waals surface area contributed by atoms with Gasteiger partial charge in [0, 0.05) is 46.9 Å². The van der Waals surface area contributed by atoms with Crippen molar-refractivity contribution < 1.29 is 0 Å². The molecule has 1 aliphatic rings. The molecule has 4 rings (SSSR count). The molecule has 0 aliphatic carbocycles. The molecule has 0 spiro atoms. The number of anilines is 5. The zero-order valence-corrected chi connectivity index (χ0v) is 16.7. The molecule has 0 bridgehead atoms. The lowest BCUT2D eigenvalue weighted by molar-refractivity contribution is 0.578. The predicted octanol–water partition coefficient (Wildman–Crippen LogP) is 5.92. The molecule has 28 heavy (non-hydrogen) atoms. The van der Waals surface area contributed by atoms with Crippen LogP contribution in [0.2, 0.25) is 5.02 Å². The fourth-order valence-corrected chi connectivity index (χ4v) is 3.53. The van der Waals surface area contributed by atoms with E-state index in [0.29, 0.717) is 11.0 Å². The van der Waals surface area contributed by atoms with E-state index in [1.807, 2.05) is 37.3 Å². The highest BCUT2D eigenvalue weighted by Crippen LogP contribution is 2.24. The summed E-state index contributed by atoms with van der Waals surface area (Å²) in [6, 6.07) is 18.0. The van der Waals surface area contributed by atoms with Crippen LogP contribution in [0.5, 0.6) is 0 Å². The largest absolute Gasteiger partial charge is 0.372 e. The topological polar surface area (TPSA) is 53.1 Å². The van der Waals surface area contributed by atoms with Gasteiger partial charge in [0.15, 0.2) is 0 Å². The van der Waals surface area contributed by atoms with Crippen molar-refractivity contribution in [2.24, 2.45) is 0 Å². The maximum Gasteiger partial charge on any atom is 0.229 e. The molecule has 1 aromatic heterocycles. The van der Waals surface area contributed by atoms with E-state index in [2.05, 4.69) is 49.8 Å². The van der Waals surface area contributed by atoms with Gasteiger partial charge in [-0.1, -0.05) is 11.6 Å². The van der Waals surface area contributed by atoms with Gasteiger partial charge in [0.1, 0.15) is 5.82 Å². The molecular weight excluding hydrogens is 370 g/mol. The van der Waals surface area contributed by atoms with Crippen LogP contribution in [0.15, 0.2) is 54.6 Å². The Hall–Kier alpha value is -2.79. The molecule has 0 atom stereocenters. The molecule has 144 valence electrons. The van der Waals surface area contributed by atoms with E-state index < -0.39 is 0 Å². The summed E-state index contributed by atoms with van der Waals surface area (Å²) in [6.07, 6.45) is 3.91. The standard InChI is InChI=1S/C22H24ClN5/c1-16-15-21(27-22(24-16)26-19-7-5-17(23)6-8-19)25-18-9-11-20(12-10-18)28-13-3-2-4-14-28/h5-12,15H,2-4,13-14H2,1H3,(H2,24,25,26,27). The number of piperidine rings is 1. The van der Waals surface area contributed by atoms with E-state index in [9.17, 15) is 0 Å². The first-order valence-corrected chi connectivity index (χ1v) is 10.0. The maximum atomic E-state index is 5.94. The second-order valence-corrected chi connectivity index (χ2v) is 7.51. The van der Waals surface area contributed by atoms with Gasteiger partial charge in [0.05, 0.1) is 0 Å². The molecule has 1 aliphatic heterocycles. The van der Waals surface area contributed by atoms with Gasteiger partial charge in [-0.25, -0.2) is 4.98 Å². The molecule has 1 fully saturated rings. The Labute approximate surface area is 170 Å². The van der Waals surface area contributed by atoms with Crippen LogP contribution in [0.25, 0.3) is 0 Å². The number of aryl methyl sites for hydroxylation is 1. The van der Waals surface area contributed by atoms with Gasteiger partial charge in [-0.3, -0.25) is 0 Å². The van der Waals surface area contributed by atoms with Gasteiger partial charge in [-0.15, -0.1) is 0 Å². The highest BCUT2D eigenvalue weighted by molar-refractivity contribution is 6.30. The number of rotatable bonds is 5. The molecule has 5 nitrogen and oxygen atoms in total. The van der Waals surface area contributed by atoms with Crippen LogP contribution in [0.3, 0.4) is 0 Å². The Morgan fingerprint density at radius 2 is 1.46 bits per heavy atom. The zero-order chi connectivity index (χ0) is 19.3. The minimum Gasteiger partial charge on any atom is -0.372 e. The third-order valence-electron chi connectivity index (χ3n) is 4.82. The Balaban J connectivity index is 1.46. The van der Waals surface area contributed by atoms with Crippen molar-refractivity contribution >= 4 is 40.4 Å². The van der Waals surface area contributed by atoms with Gasteiger partial charge in [0.2, 0.25) is 5.95 Å². The molecule has 0 saturated carbocycles. The van der Waals surface area contributed by atoms with Crippen molar-refractivity contribution in [3.8, 4) is 0 Å². The van der Waals surface area contributed by atoms with Gasteiger partial charge in [-0.05, 0) is 74.7 Å². The van der Waals surface area contributed by atoms with Gasteiger partial charge in [-0.2, -0.15) is 4.98 Å². The zero-order valence-electron chi connectivity index (χ0n) is 16.0. The van der Waals surface area contributed by atoms with Crippen LogP contribution in [0.4, 0.5) is 28.8 Å². The Morgan fingerprint density at radius 1 is 0.821 bits per heavy atom. The summed E-state index contributed by atoms with van der Waals surface area (Å²) in [5, 5.41) is 7.30. The van der Waals surface area contributed by atoms with Gasteiger partial charge < -0.3 is 15.5 Å². The monoisotopic (exact) mass is 393 g/mol. The van der Waals surface area contributed by atoms with Crippen LogP contribution in [0, 0.1) is 6.92 Å². The molecule has 0 radical (unpaired) electrons. The lowest BCUT2D eigenvalue weighted by Gasteiger charge is -2.28. The highest BCUT2D eigenvalue weighted by Gasteiger charge is 2.11. The van der Waals surface area contributed by atoms with E-state index >= 15 is 0 Å². The predicted molar refractivity (Wildman–Crippen MR) is 117 cm³/mol. The van der Waals surface area contributed by atoms with Crippen molar-refractivity contribution in [1.29, 1.82) is 0 Å². The van der Waals surface area contributed by atoms with Crippen molar-refractivity contribution in [3.05, 3.63) is 65.3 Å². The van der Waals surface area contributed by atoms with E-state index in [-0.39, 0.29) is 0 Å². The summed E-state index contributed by atoms with van der Waals surface area (Å²) < 4.78 is 0. The second-order valence-electron chi connectivity index (χ2n) is 7.07.